The zero-order valence-corrected chi connectivity index (χ0v) is 17.7. The fourth-order valence-corrected chi connectivity index (χ4v) is 4.13. The number of pyridine rings is 1. The van der Waals surface area contributed by atoms with Gasteiger partial charge in [-0.2, -0.15) is 0 Å². The van der Waals surface area contributed by atoms with Crippen LogP contribution in [0.4, 0.5) is 4.79 Å². The molecule has 1 aromatic carbocycles. The molecule has 1 atom stereocenters. The van der Waals surface area contributed by atoms with Gasteiger partial charge in [0.2, 0.25) is 0 Å². The van der Waals surface area contributed by atoms with E-state index in [9.17, 15) is 9.59 Å². The van der Waals surface area contributed by atoms with E-state index in [1.165, 1.54) is 0 Å². The Kier molecular flexibility index (Phi) is 5.77. The number of halogens is 1. The summed E-state index contributed by atoms with van der Waals surface area (Å²) >= 11 is 3.30. The normalized spacial score (nSPS) is 22.0. The molecule has 1 aromatic heterocycles. The Bertz CT molecular complexity index is 917. The van der Waals surface area contributed by atoms with E-state index in [4.69, 9.17) is 19.3 Å². The molecule has 2 fully saturated rings. The Hall–Kier alpha value is -2.49. The molecule has 2 saturated heterocycles. The number of carboxylic acid groups (broad SMARTS) is 1. The number of nitrogens with zero attached hydrogens (tertiary/aromatic N) is 2. The zero-order chi connectivity index (χ0) is 21.2. The summed E-state index contributed by atoms with van der Waals surface area (Å²) < 4.78 is 17.9. The van der Waals surface area contributed by atoms with Crippen LogP contribution in [0, 0.1) is 0 Å². The minimum atomic E-state index is -1.06. The Morgan fingerprint density at radius 2 is 1.97 bits per heavy atom. The fraction of sp³-hybridized carbons (Fsp3) is 0.381. The summed E-state index contributed by atoms with van der Waals surface area (Å²) in [4.78, 5) is 29.3. The number of ether oxygens (including phenoxy) is 3. The molecule has 1 amide bonds. The van der Waals surface area contributed by atoms with Gasteiger partial charge in [-0.25, -0.2) is 14.6 Å². The molecule has 158 valence electrons. The lowest BCUT2D eigenvalue weighted by Crippen LogP contribution is -2.63. The van der Waals surface area contributed by atoms with Crippen LogP contribution in [0.1, 0.15) is 17.5 Å². The third kappa shape index (κ3) is 4.33. The van der Waals surface area contributed by atoms with Gasteiger partial charge in [-0.15, -0.1) is 0 Å². The van der Waals surface area contributed by atoms with Crippen molar-refractivity contribution in [3.05, 3.63) is 64.4 Å². The third-order valence-electron chi connectivity index (χ3n) is 5.37. The summed E-state index contributed by atoms with van der Waals surface area (Å²) in [5, 5.41) is 9.09. The van der Waals surface area contributed by atoms with E-state index in [1.807, 2.05) is 36.4 Å². The number of carbonyl (C=O) groups is 2. The van der Waals surface area contributed by atoms with Crippen LogP contribution in [0.3, 0.4) is 0 Å². The first-order valence-corrected chi connectivity index (χ1v) is 10.3. The van der Waals surface area contributed by atoms with Crippen molar-refractivity contribution >= 4 is 28.0 Å². The first kappa shape index (κ1) is 20.8. The van der Waals surface area contributed by atoms with Gasteiger partial charge in [-0.05, 0) is 27.6 Å². The van der Waals surface area contributed by atoms with Gasteiger partial charge in [0.05, 0.1) is 19.7 Å². The molecule has 30 heavy (non-hydrogen) atoms. The summed E-state index contributed by atoms with van der Waals surface area (Å²) in [6.07, 6.45) is 1.68. The zero-order valence-electron chi connectivity index (χ0n) is 16.1. The Balaban J connectivity index is 1.39. The average molecular weight is 477 g/mol. The summed E-state index contributed by atoms with van der Waals surface area (Å²) in [5.74, 6) is -1.06. The molecule has 0 saturated carbocycles. The molecule has 3 heterocycles. The summed E-state index contributed by atoms with van der Waals surface area (Å²) in [6, 6.07) is 13.1. The second-order valence-electron chi connectivity index (χ2n) is 7.59. The Labute approximate surface area is 181 Å². The molecular weight excluding hydrogens is 456 g/mol. The SMILES string of the molecule is O=C(O)COC1(c2ccc(Br)nc2)COC2(CN(C(=O)OCc3ccccc3)C2)C1. The number of amides is 1. The first-order chi connectivity index (χ1) is 14.4. The number of carbonyl (C=O) groups excluding carboxylic acids is 1. The monoisotopic (exact) mass is 476 g/mol. The van der Waals surface area contributed by atoms with Crippen molar-refractivity contribution in [1.29, 1.82) is 0 Å². The predicted molar refractivity (Wildman–Crippen MR) is 109 cm³/mol. The highest BCUT2D eigenvalue weighted by molar-refractivity contribution is 9.10. The van der Waals surface area contributed by atoms with Crippen molar-refractivity contribution in [2.75, 3.05) is 26.3 Å². The maximum atomic E-state index is 12.3. The number of carboxylic acids is 1. The van der Waals surface area contributed by atoms with Crippen molar-refractivity contribution in [2.45, 2.75) is 24.2 Å². The van der Waals surface area contributed by atoms with Crippen molar-refractivity contribution < 1.29 is 28.9 Å². The maximum absolute atomic E-state index is 12.3. The molecule has 0 radical (unpaired) electrons. The molecule has 2 aliphatic rings. The van der Waals surface area contributed by atoms with Gasteiger partial charge in [0.15, 0.2) is 0 Å². The van der Waals surface area contributed by atoms with Crippen molar-refractivity contribution in [3.8, 4) is 0 Å². The maximum Gasteiger partial charge on any atom is 0.410 e. The van der Waals surface area contributed by atoms with Gasteiger partial charge < -0.3 is 24.2 Å². The number of rotatable bonds is 6. The van der Waals surface area contributed by atoms with Gasteiger partial charge in [-0.1, -0.05) is 36.4 Å². The highest BCUT2D eigenvalue weighted by atomic mass is 79.9. The number of hydrogen-bond donors (Lipinski definition) is 1. The largest absolute Gasteiger partial charge is 0.480 e. The molecule has 9 heteroatoms. The Morgan fingerprint density at radius 1 is 1.20 bits per heavy atom. The molecule has 2 aliphatic heterocycles. The smallest absolute Gasteiger partial charge is 0.410 e. The average Bonchev–Trinajstić information content (AvgIpc) is 3.12. The quantitative estimate of drug-likeness (QED) is 0.639. The van der Waals surface area contributed by atoms with Gasteiger partial charge in [0, 0.05) is 18.2 Å². The number of aromatic nitrogens is 1. The van der Waals surface area contributed by atoms with E-state index < -0.39 is 29.9 Å². The second kappa shape index (κ2) is 8.33. The number of likely N-dealkylation sites (tertiary alicyclic amines) is 1. The third-order valence-corrected chi connectivity index (χ3v) is 5.84. The van der Waals surface area contributed by atoms with Crippen LogP contribution < -0.4 is 0 Å². The van der Waals surface area contributed by atoms with Crippen molar-refractivity contribution in [2.24, 2.45) is 0 Å². The molecule has 2 aromatic rings. The lowest BCUT2D eigenvalue weighted by atomic mass is 9.82. The molecule has 0 aliphatic carbocycles. The van der Waals surface area contributed by atoms with Gasteiger partial charge >= 0.3 is 12.1 Å². The highest BCUT2D eigenvalue weighted by Crippen LogP contribution is 2.47. The van der Waals surface area contributed by atoms with Gasteiger partial charge in [0.1, 0.15) is 29.0 Å². The Morgan fingerprint density at radius 3 is 2.63 bits per heavy atom. The van der Waals surface area contributed by atoms with Crippen LogP contribution in [-0.4, -0.2) is 59.0 Å². The minimum Gasteiger partial charge on any atom is -0.480 e. The van der Waals surface area contributed by atoms with Crippen LogP contribution in [0.15, 0.2) is 53.3 Å². The van der Waals surface area contributed by atoms with Crippen LogP contribution in [0.25, 0.3) is 0 Å². The summed E-state index contributed by atoms with van der Waals surface area (Å²) in [6.45, 7) is 0.681. The van der Waals surface area contributed by atoms with E-state index in [1.54, 1.807) is 17.2 Å². The lowest BCUT2D eigenvalue weighted by molar-refractivity contribution is -0.150. The van der Waals surface area contributed by atoms with E-state index in [0.717, 1.165) is 11.1 Å². The van der Waals surface area contributed by atoms with Crippen LogP contribution in [0.5, 0.6) is 0 Å². The second-order valence-corrected chi connectivity index (χ2v) is 8.40. The number of aliphatic carboxylic acids is 1. The molecular formula is C21H21BrN2O6. The van der Waals surface area contributed by atoms with Crippen molar-refractivity contribution in [3.63, 3.8) is 0 Å². The van der Waals surface area contributed by atoms with Crippen LogP contribution in [-0.2, 0) is 31.2 Å². The van der Waals surface area contributed by atoms with Gasteiger partial charge in [0.25, 0.3) is 0 Å². The molecule has 8 nitrogen and oxygen atoms in total. The molecule has 0 bridgehead atoms. The first-order valence-electron chi connectivity index (χ1n) is 9.47. The lowest BCUT2D eigenvalue weighted by Gasteiger charge is -2.46. The number of hydrogen-bond acceptors (Lipinski definition) is 6. The number of benzene rings is 1. The molecule has 4 rings (SSSR count). The van der Waals surface area contributed by atoms with E-state index in [0.29, 0.717) is 24.1 Å². The summed E-state index contributed by atoms with van der Waals surface area (Å²) in [5.41, 5.74) is 0.152. The van der Waals surface area contributed by atoms with Crippen LogP contribution >= 0.6 is 15.9 Å². The predicted octanol–water partition coefficient (Wildman–Crippen LogP) is 2.95. The van der Waals surface area contributed by atoms with Crippen LogP contribution in [0.2, 0.25) is 0 Å². The van der Waals surface area contributed by atoms with Crippen molar-refractivity contribution in [1.82, 2.24) is 9.88 Å². The van der Waals surface area contributed by atoms with E-state index in [2.05, 4.69) is 20.9 Å². The molecule has 1 N–H and O–H groups in total. The minimum absolute atomic E-state index is 0.191. The standard InChI is InChI=1S/C21H21BrN2O6/c22-17-7-6-16(8-23-17)21(29-10-18(25)26)11-20(30-14-21)12-24(13-20)19(27)28-9-15-4-2-1-3-5-15/h1-8H,9-14H2,(H,25,26). The summed E-state index contributed by atoms with van der Waals surface area (Å²) in [7, 11) is 0. The topological polar surface area (TPSA) is 98.2 Å². The highest BCUT2D eigenvalue weighted by Gasteiger charge is 2.58. The van der Waals surface area contributed by atoms with E-state index in [-0.39, 0.29) is 13.2 Å². The fourth-order valence-electron chi connectivity index (χ4n) is 3.89. The van der Waals surface area contributed by atoms with E-state index >= 15 is 0 Å². The molecule has 1 spiro atoms. The molecule has 1 unspecified atom stereocenters. The van der Waals surface area contributed by atoms with Gasteiger partial charge in [-0.3, -0.25) is 0 Å².